The Hall–Kier alpha value is -3.80. The topological polar surface area (TPSA) is 67.9 Å². The molecule has 3 aromatic rings. The first-order chi connectivity index (χ1) is 17.8. The second-order valence-corrected chi connectivity index (χ2v) is 9.45. The molecule has 2 amide bonds. The zero-order chi connectivity index (χ0) is 26.8. The van der Waals surface area contributed by atoms with Gasteiger partial charge in [-0.05, 0) is 67.6 Å². The van der Waals surface area contributed by atoms with Gasteiger partial charge in [-0.15, -0.1) is 0 Å². The van der Waals surface area contributed by atoms with Crippen LogP contribution >= 0.6 is 0 Å². The zero-order valence-corrected chi connectivity index (χ0v) is 22.5. The molecule has 3 aromatic carbocycles. The van der Waals surface area contributed by atoms with Crippen molar-refractivity contribution in [3.05, 3.63) is 95.1 Å². The number of methoxy groups -OCH3 is 1. The van der Waals surface area contributed by atoms with Crippen molar-refractivity contribution in [3.63, 3.8) is 0 Å². The van der Waals surface area contributed by atoms with Gasteiger partial charge in [-0.2, -0.15) is 0 Å². The second kappa shape index (κ2) is 13.5. The van der Waals surface area contributed by atoms with Crippen LogP contribution in [0.5, 0.6) is 11.5 Å². The van der Waals surface area contributed by atoms with E-state index in [-0.39, 0.29) is 31.0 Å². The number of benzene rings is 3. The smallest absolute Gasteiger partial charge is 0.261 e. The van der Waals surface area contributed by atoms with Crippen LogP contribution in [0.4, 0.5) is 0 Å². The summed E-state index contributed by atoms with van der Waals surface area (Å²) in [6.07, 6.45) is 1.19. The van der Waals surface area contributed by atoms with E-state index < -0.39 is 6.04 Å². The molecule has 6 nitrogen and oxygen atoms in total. The van der Waals surface area contributed by atoms with Crippen LogP contribution in [0, 0.1) is 13.8 Å². The molecular formula is C31H38N2O4. The molecule has 0 unspecified atom stereocenters. The minimum absolute atomic E-state index is 0.00858. The van der Waals surface area contributed by atoms with E-state index in [2.05, 4.69) is 5.32 Å². The van der Waals surface area contributed by atoms with Gasteiger partial charge in [-0.1, -0.05) is 61.5 Å². The van der Waals surface area contributed by atoms with Crippen LogP contribution in [0.15, 0.2) is 72.8 Å². The standard InChI is InChI=1S/C31H38N2O4/c1-6-24(4)32-31(35)28(19-25-11-8-7-9-12-25)33(20-26-13-10-14-27(18-26)36-5)30(34)21-37-29-17-22(2)15-16-23(29)3/h7-18,24,28H,6,19-21H2,1-5H3,(H,32,35)/t24-,28-/m0/s1. The van der Waals surface area contributed by atoms with Crippen LogP contribution in [-0.2, 0) is 22.6 Å². The van der Waals surface area contributed by atoms with E-state index in [0.29, 0.717) is 17.9 Å². The summed E-state index contributed by atoms with van der Waals surface area (Å²) in [6.45, 7) is 8.00. The van der Waals surface area contributed by atoms with Crippen molar-refractivity contribution in [2.24, 2.45) is 0 Å². The van der Waals surface area contributed by atoms with Crippen LogP contribution in [0.2, 0.25) is 0 Å². The molecule has 0 fully saturated rings. The maximum Gasteiger partial charge on any atom is 0.261 e. The summed E-state index contributed by atoms with van der Waals surface area (Å²) >= 11 is 0. The molecule has 0 aliphatic rings. The molecule has 0 aliphatic carbocycles. The molecule has 6 heteroatoms. The first-order valence-electron chi connectivity index (χ1n) is 12.8. The van der Waals surface area contributed by atoms with Crippen LogP contribution < -0.4 is 14.8 Å². The first-order valence-corrected chi connectivity index (χ1v) is 12.8. The largest absolute Gasteiger partial charge is 0.497 e. The Balaban J connectivity index is 1.95. The van der Waals surface area contributed by atoms with E-state index in [0.717, 1.165) is 28.7 Å². The summed E-state index contributed by atoms with van der Waals surface area (Å²) in [6, 6.07) is 22.5. The molecule has 37 heavy (non-hydrogen) atoms. The Morgan fingerprint density at radius 2 is 1.68 bits per heavy atom. The fraction of sp³-hybridized carbons (Fsp3) is 0.355. The lowest BCUT2D eigenvalue weighted by Gasteiger charge is -2.32. The Kier molecular flexibility index (Phi) is 10.1. The third-order valence-corrected chi connectivity index (χ3v) is 6.45. The number of hydrogen-bond donors (Lipinski definition) is 1. The molecule has 3 rings (SSSR count). The van der Waals surface area contributed by atoms with Gasteiger partial charge in [0.25, 0.3) is 5.91 Å². The normalized spacial score (nSPS) is 12.4. The molecule has 0 aromatic heterocycles. The van der Waals surface area contributed by atoms with Gasteiger partial charge in [0.15, 0.2) is 6.61 Å². The number of nitrogens with one attached hydrogen (secondary N) is 1. The van der Waals surface area contributed by atoms with Gasteiger partial charge in [0, 0.05) is 19.0 Å². The van der Waals surface area contributed by atoms with E-state index >= 15 is 0 Å². The van der Waals surface area contributed by atoms with Crippen molar-refractivity contribution in [1.29, 1.82) is 0 Å². The lowest BCUT2D eigenvalue weighted by atomic mass is 10.0. The number of amides is 2. The number of rotatable bonds is 12. The molecule has 0 saturated carbocycles. The van der Waals surface area contributed by atoms with Crippen molar-refractivity contribution in [2.75, 3.05) is 13.7 Å². The van der Waals surface area contributed by atoms with Crippen molar-refractivity contribution < 1.29 is 19.1 Å². The van der Waals surface area contributed by atoms with Crippen LogP contribution in [0.25, 0.3) is 0 Å². The third-order valence-electron chi connectivity index (χ3n) is 6.45. The SMILES string of the molecule is CC[C@H](C)NC(=O)[C@H](Cc1ccccc1)N(Cc1cccc(OC)c1)C(=O)COc1cc(C)ccc1C. The Bertz CT molecular complexity index is 1180. The quantitative estimate of drug-likeness (QED) is 0.368. The number of carbonyl (C=O) groups is 2. The monoisotopic (exact) mass is 502 g/mol. The fourth-order valence-electron chi connectivity index (χ4n) is 4.05. The summed E-state index contributed by atoms with van der Waals surface area (Å²) in [5.41, 5.74) is 3.85. The maximum absolute atomic E-state index is 13.8. The molecule has 0 spiro atoms. The van der Waals surface area contributed by atoms with Crippen molar-refractivity contribution in [3.8, 4) is 11.5 Å². The fourth-order valence-corrected chi connectivity index (χ4v) is 4.05. The van der Waals surface area contributed by atoms with Gasteiger partial charge in [0.1, 0.15) is 17.5 Å². The van der Waals surface area contributed by atoms with Gasteiger partial charge in [-0.25, -0.2) is 0 Å². The number of hydrogen-bond acceptors (Lipinski definition) is 4. The molecule has 0 heterocycles. The van der Waals surface area contributed by atoms with Crippen LogP contribution in [0.1, 0.15) is 42.5 Å². The maximum atomic E-state index is 13.8. The molecule has 2 atom stereocenters. The van der Waals surface area contributed by atoms with E-state index in [4.69, 9.17) is 9.47 Å². The Morgan fingerprint density at radius 3 is 2.38 bits per heavy atom. The Morgan fingerprint density at radius 1 is 0.946 bits per heavy atom. The summed E-state index contributed by atoms with van der Waals surface area (Å²) in [7, 11) is 1.61. The molecule has 0 bridgehead atoms. The summed E-state index contributed by atoms with van der Waals surface area (Å²) in [4.78, 5) is 29.0. The highest BCUT2D eigenvalue weighted by Crippen LogP contribution is 2.21. The predicted octanol–water partition coefficient (Wildman–Crippen LogP) is 5.25. The lowest BCUT2D eigenvalue weighted by molar-refractivity contribution is -0.143. The van der Waals surface area contributed by atoms with E-state index in [9.17, 15) is 9.59 Å². The highest BCUT2D eigenvalue weighted by Gasteiger charge is 2.31. The van der Waals surface area contributed by atoms with Gasteiger partial charge in [0.2, 0.25) is 5.91 Å². The predicted molar refractivity (Wildman–Crippen MR) is 147 cm³/mol. The summed E-state index contributed by atoms with van der Waals surface area (Å²) < 4.78 is 11.4. The minimum atomic E-state index is -0.711. The molecule has 196 valence electrons. The van der Waals surface area contributed by atoms with E-state index in [1.165, 1.54) is 0 Å². The van der Waals surface area contributed by atoms with Crippen molar-refractivity contribution >= 4 is 11.8 Å². The molecule has 1 N–H and O–H groups in total. The van der Waals surface area contributed by atoms with E-state index in [1.807, 2.05) is 100 Å². The van der Waals surface area contributed by atoms with Crippen LogP contribution in [0.3, 0.4) is 0 Å². The first kappa shape index (κ1) is 27.8. The number of aryl methyl sites for hydroxylation is 2. The molecular weight excluding hydrogens is 464 g/mol. The summed E-state index contributed by atoms with van der Waals surface area (Å²) in [5.74, 6) is 0.920. The van der Waals surface area contributed by atoms with Gasteiger partial charge >= 0.3 is 0 Å². The number of nitrogens with zero attached hydrogens (tertiary/aromatic N) is 1. The number of ether oxygens (including phenoxy) is 2. The average Bonchev–Trinajstić information content (AvgIpc) is 2.91. The van der Waals surface area contributed by atoms with Gasteiger partial charge < -0.3 is 19.7 Å². The molecule has 0 radical (unpaired) electrons. The average molecular weight is 503 g/mol. The highest BCUT2D eigenvalue weighted by atomic mass is 16.5. The highest BCUT2D eigenvalue weighted by molar-refractivity contribution is 5.88. The number of carbonyl (C=O) groups excluding carboxylic acids is 2. The summed E-state index contributed by atoms with van der Waals surface area (Å²) in [5, 5.41) is 3.09. The van der Waals surface area contributed by atoms with E-state index in [1.54, 1.807) is 12.0 Å². The van der Waals surface area contributed by atoms with Crippen molar-refractivity contribution in [1.82, 2.24) is 10.2 Å². The minimum Gasteiger partial charge on any atom is -0.497 e. The third kappa shape index (κ3) is 8.10. The second-order valence-electron chi connectivity index (χ2n) is 9.45. The van der Waals surface area contributed by atoms with Gasteiger partial charge in [0.05, 0.1) is 7.11 Å². The molecule has 0 aliphatic heterocycles. The van der Waals surface area contributed by atoms with Gasteiger partial charge in [-0.3, -0.25) is 9.59 Å². The zero-order valence-electron chi connectivity index (χ0n) is 22.5. The van der Waals surface area contributed by atoms with Crippen molar-refractivity contribution in [2.45, 2.75) is 59.2 Å². The molecule has 0 saturated heterocycles. The Labute approximate surface area is 220 Å². The lowest BCUT2D eigenvalue weighted by Crippen LogP contribution is -2.53. The van der Waals surface area contributed by atoms with Crippen LogP contribution in [-0.4, -0.2) is 42.5 Å².